The lowest BCUT2D eigenvalue weighted by atomic mass is 10.1. The van der Waals surface area contributed by atoms with Gasteiger partial charge < -0.3 is 10.2 Å². The van der Waals surface area contributed by atoms with Crippen LogP contribution in [-0.2, 0) is 26.2 Å². The number of benzene rings is 2. The Labute approximate surface area is 232 Å². The molecule has 198 valence electrons. The largest absolute Gasteiger partial charge is 0.352 e. The van der Waals surface area contributed by atoms with Crippen LogP contribution in [0.2, 0.25) is 10.0 Å². The number of carbonyl (C=O) groups excluding carboxylic acids is 2. The smallest absolute Gasteiger partial charge is 0.242 e. The lowest BCUT2D eigenvalue weighted by molar-refractivity contribution is -0.140. The van der Waals surface area contributed by atoms with Crippen LogP contribution in [0.4, 0.5) is 5.69 Å². The number of nitrogens with zero attached hydrogens (tertiary/aromatic N) is 2. The fraction of sp³-hybridized carbons (Fsp3) is 0.440. The lowest BCUT2D eigenvalue weighted by Crippen LogP contribution is -2.49. The first kappa shape index (κ1) is 30.4. The summed E-state index contributed by atoms with van der Waals surface area (Å²) >= 11 is 15.7. The van der Waals surface area contributed by atoms with Gasteiger partial charge in [0, 0.05) is 35.0 Å². The average Bonchev–Trinajstić information content (AvgIpc) is 2.81. The summed E-state index contributed by atoms with van der Waals surface area (Å²) in [7, 11) is -3.68. The molecule has 1 N–H and O–H groups in total. The highest BCUT2D eigenvalue weighted by Gasteiger charge is 2.27. The fourth-order valence-corrected chi connectivity index (χ4v) is 5.16. The zero-order chi connectivity index (χ0) is 27.0. The van der Waals surface area contributed by atoms with E-state index in [0.29, 0.717) is 5.02 Å². The normalized spacial score (nSPS) is 13.1. The van der Waals surface area contributed by atoms with Gasteiger partial charge in [-0.25, -0.2) is 8.42 Å². The van der Waals surface area contributed by atoms with Crippen molar-refractivity contribution in [3.05, 3.63) is 62.5 Å². The standard InChI is InChI=1S/C25H32BrCl2N3O4S/c1-5-17(2)29-25(33)18(3)30(16-19-8-10-20(26)11-9-19)24(32)7-6-14-31(36(4,34)35)23-15-21(27)12-13-22(23)28/h8-13,15,17-18H,5-7,14,16H2,1-4H3,(H,29,33)/t17-,18+/m1/s1. The number of rotatable bonds is 12. The van der Waals surface area contributed by atoms with Crippen LogP contribution in [0.5, 0.6) is 0 Å². The molecule has 0 fully saturated rings. The molecular formula is C25H32BrCl2N3O4S. The lowest BCUT2D eigenvalue weighted by Gasteiger charge is -2.30. The number of sulfonamides is 1. The van der Waals surface area contributed by atoms with Crippen molar-refractivity contribution >= 4 is 66.7 Å². The van der Waals surface area contributed by atoms with Crippen LogP contribution in [0.1, 0.15) is 45.6 Å². The number of nitrogens with one attached hydrogen (secondary N) is 1. The third-order valence-corrected chi connectivity index (χ3v) is 8.03. The predicted octanol–water partition coefficient (Wildman–Crippen LogP) is 5.63. The number of carbonyl (C=O) groups is 2. The summed E-state index contributed by atoms with van der Waals surface area (Å²) in [5.41, 5.74) is 1.13. The van der Waals surface area contributed by atoms with E-state index >= 15 is 0 Å². The second-order valence-electron chi connectivity index (χ2n) is 8.68. The van der Waals surface area contributed by atoms with Crippen molar-refractivity contribution in [1.82, 2.24) is 10.2 Å². The van der Waals surface area contributed by atoms with Crippen LogP contribution < -0.4 is 9.62 Å². The van der Waals surface area contributed by atoms with E-state index in [1.807, 2.05) is 38.1 Å². The van der Waals surface area contributed by atoms with Crippen LogP contribution in [-0.4, -0.2) is 50.0 Å². The van der Waals surface area contributed by atoms with Crippen LogP contribution in [0.3, 0.4) is 0 Å². The Hall–Kier alpha value is -1.81. The molecule has 36 heavy (non-hydrogen) atoms. The monoisotopic (exact) mass is 619 g/mol. The highest BCUT2D eigenvalue weighted by atomic mass is 79.9. The Morgan fingerprint density at radius 1 is 1.08 bits per heavy atom. The minimum atomic E-state index is -3.68. The van der Waals surface area contributed by atoms with E-state index in [9.17, 15) is 18.0 Å². The quantitative estimate of drug-likeness (QED) is 0.333. The molecule has 0 aromatic heterocycles. The highest BCUT2D eigenvalue weighted by molar-refractivity contribution is 9.10. The number of anilines is 1. The maximum absolute atomic E-state index is 13.3. The van der Waals surface area contributed by atoms with Crippen molar-refractivity contribution in [3.8, 4) is 0 Å². The molecule has 11 heteroatoms. The van der Waals surface area contributed by atoms with Gasteiger partial charge in [-0.15, -0.1) is 0 Å². The third kappa shape index (κ3) is 8.94. The van der Waals surface area contributed by atoms with Gasteiger partial charge >= 0.3 is 0 Å². The summed E-state index contributed by atoms with van der Waals surface area (Å²) in [6, 6.07) is 11.4. The van der Waals surface area contributed by atoms with Crippen LogP contribution in [0.25, 0.3) is 0 Å². The molecule has 7 nitrogen and oxygen atoms in total. The van der Waals surface area contributed by atoms with Gasteiger partial charge in [0.25, 0.3) is 0 Å². The van der Waals surface area contributed by atoms with E-state index < -0.39 is 16.1 Å². The molecule has 2 amide bonds. The van der Waals surface area contributed by atoms with Crippen LogP contribution >= 0.6 is 39.1 Å². The van der Waals surface area contributed by atoms with Crippen molar-refractivity contribution in [1.29, 1.82) is 0 Å². The predicted molar refractivity (Wildman–Crippen MR) is 150 cm³/mol. The Kier molecular flexibility index (Phi) is 11.5. The molecule has 2 rings (SSSR count). The zero-order valence-electron chi connectivity index (χ0n) is 20.8. The van der Waals surface area contributed by atoms with Gasteiger partial charge in [0.15, 0.2) is 0 Å². The van der Waals surface area contributed by atoms with Crippen LogP contribution in [0.15, 0.2) is 46.9 Å². The Balaban J connectivity index is 2.20. The average molecular weight is 621 g/mol. The van der Waals surface area contributed by atoms with E-state index in [1.54, 1.807) is 13.0 Å². The first-order valence-corrected chi connectivity index (χ1v) is 15.0. The molecule has 0 aliphatic carbocycles. The molecule has 0 aliphatic heterocycles. The van der Waals surface area contributed by atoms with E-state index in [1.165, 1.54) is 17.0 Å². The van der Waals surface area contributed by atoms with Gasteiger partial charge in [0.2, 0.25) is 21.8 Å². The minimum Gasteiger partial charge on any atom is -0.352 e. The van der Waals surface area contributed by atoms with E-state index in [4.69, 9.17) is 23.2 Å². The maximum Gasteiger partial charge on any atom is 0.242 e. The van der Waals surface area contributed by atoms with E-state index in [2.05, 4.69) is 21.2 Å². The molecule has 2 aromatic rings. The topological polar surface area (TPSA) is 86.8 Å². The molecule has 0 unspecified atom stereocenters. The highest BCUT2D eigenvalue weighted by Crippen LogP contribution is 2.31. The molecule has 0 saturated carbocycles. The summed E-state index contributed by atoms with van der Waals surface area (Å²) in [5.74, 6) is -0.492. The second kappa shape index (κ2) is 13.7. The first-order chi connectivity index (χ1) is 16.8. The van der Waals surface area contributed by atoms with Crippen molar-refractivity contribution in [2.24, 2.45) is 0 Å². The summed E-state index contributed by atoms with van der Waals surface area (Å²) in [4.78, 5) is 27.7. The molecule has 0 aliphatic rings. The summed E-state index contributed by atoms with van der Waals surface area (Å²) in [6.07, 6.45) is 2.12. The number of halogens is 3. The second-order valence-corrected chi connectivity index (χ2v) is 12.3. The zero-order valence-corrected chi connectivity index (χ0v) is 24.7. The number of amides is 2. The summed E-state index contributed by atoms with van der Waals surface area (Å²) in [5, 5.41) is 3.52. The molecule has 2 atom stereocenters. The number of hydrogen-bond donors (Lipinski definition) is 1. The van der Waals surface area contributed by atoms with Gasteiger partial charge in [0.05, 0.1) is 17.0 Å². The van der Waals surface area contributed by atoms with Gasteiger partial charge in [-0.05, 0) is 62.6 Å². The third-order valence-electron chi connectivity index (χ3n) is 5.76. The van der Waals surface area contributed by atoms with Crippen LogP contribution in [0, 0.1) is 0 Å². The number of hydrogen-bond acceptors (Lipinski definition) is 4. The molecule has 0 heterocycles. The first-order valence-electron chi connectivity index (χ1n) is 11.6. The van der Waals surface area contributed by atoms with Gasteiger partial charge in [0.1, 0.15) is 6.04 Å². The van der Waals surface area contributed by atoms with Gasteiger partial charge in [-0.3, -0.25) is 13.9 Å². The Bertz CT molecular complexity index is 1160. The summed E-state index contributed by atoms with van der Waals surface area (Å²) < 4.78 is 27.0. The molecule has 0 radical (unpaired) electrons. The fourth-order valence-electron chi connectivity index (χ4n) is 3.49. The Morgan fingerprint density at radius 3 is 2.31 bits per heavy atom. The molecule has 0 saturated heterocycles. The van der Waals surface area contributed by atoms with Crippen molar-refractivity contribution < 1.29 is 18.0 Å². The minimum absolute atomic E-state index is 0.0182. The van der Waals surface area contributed by atoms with Crippen molar-refractivity contribution in [2.75, 3.05) is 17.1 Å². The Morgan fingerprint density at radius 2 is 1.72 bits per heavy atom. The van der Waals surface area contributed by atoms with Gasteiger partial charge in [-0.2, -0.15) is 0 Å². The van der Waals surface area contributed by atoms with E-state index in [-0.39, 0.29) is 54.5 Å². The van der Waals surface area contributed by atoms with E-state index in [0.717, 1.165) is 27.0 Å². The molecule has 0 spiro atoms. The van der Waals surface area contributed by atoms with Crippen molar-refractivity contribution in [2.45, 2.75) is 58.7 Å². The molecule has 2 aromatic carbocycles. The molecule has 0 bridgehead atoms. The SMILES string of the molecule is CC[C@@H](C)NC(=O)[C@H](C)N(Cc1ccc(Br)cc1)C(=O)CCCN(c1cc(Cl)ccc1Cl)S(C)(=O)=O. The maximum atomic E-state index is 13.3. The van der Waals surface area contributed by atoms with Gasteiger partial charge in [-0.1, -0.05) is 58.2 Å². The van der Waals surface area contributed by atoms with Crippen molar-refractivity contribution in [3.63, 3.8) is 0 Å². The summed E-state index contributed by atoms with van der Waals surface area (Å²) in [6.45, 7) is 5.86. The molecular weight excluding hydrogens is 589 g/mol.